The number of carbonyl (C=O) groups is 2. The fraction of sp³-hybridized carbons (Fsp3) is 0.400. The molecule has 0 amide bonds. The maximum atomic E-state index is 11.4. The van der Waals surface area contributed by atoms with Crippen molar-refractivity contribution >= 4 is 11.9 Å². The number of carbonyl (C=O) groups excluding carboxylic acids is 1. The molecule has 0 aromatic heterocycles. The number of carboxylic acid groups (broad SMARTS) is 1. The standard InChI is InChI=1S/C6H7F3O2.C4H6O2/c1-4(2)5(10)11-3-6(7,8)9;1-3(2)4(5)6/h1,3H2,2H3;1H2,2H3,(H,5,6). The average Bonchev–Trinajstić information content (AvgIpc) is 2.13. The molecule has 0 atom stereocenters. The van der Waals surface area contributed by atoms with Crippen LogP contribution >= 0.6 is 0 Å². The molecule has 98 valence electrons. The van der Waals surface area contributed by atoms with Gasteiger partial charge in [-0.15, -0.1) is 0 Å². The highest BCUT2D eigenvalue weighted by molar-refractivity contribution is 5.86. The second-order valence-corrected chi connectivity index (χ2v) is 3.06. The van der Waals surface area contributed by atoms with E-state index in [-0.39, 0.29) is 11.1 Å². The minimum atomic E-state index is -4.47. The van der Waals surface area contributed by atoms with Crippen LogP contribution < -0.4 is 0 Å². The summed E-state index contributed by atoms with van der Waals surface area (Å²) in [6.45, 7) is 7.44. The van der Waals surface area contributed by atoms with Crippen molar-refractivity contribution in [3.63, 3.8) is 0 Å². The van der Waals surface area contributed by atoms with E-state index in [1.165, 1.54) is 13.8 Å². The Morgan fingerprint density at radius 2 is 1.53 bits per heavy atom. The summed E-state index contributed by atoms with van der Waals surface area (Å²) in [7, 11) is 0. The van der Waals surface area contributed by atoms with Gasteiger partial charge in [-0.3, -0.25) is 0 Å². The predicted molar refractivity (Wildman–Crippen MR) is 54.3 cm³/mol. The molecule has 0 aliphatic carbocycles. The summed E-state index contributed by atoms with van der Waals surface area (Å²) in [5.74, 6) is -1.96. The molecular weight excluding hydrogens is 241 g/mol. The largest absolute Gasteiger partial charge is 0.478 e. The molecule has 0 aromatic rings. The van der Waals surface area contributed by atoms with E-state index in [0.717, 1.165) is 0 Å². The summed E-state index contributed by atoms with van der Waals surface area (Å²) in [5, 5.41) is 7.89. The normalized spacial score (nSPS) is 9.71. The van der Waals surface area contributed by atoms with Gasteiger partial charge in [0.15, 0.2) is 6.61 Å². The van der Waals surface area contributed by atoms with Gasteiger partial charge < -0.3 is 9.84 Å². The molecule has 17 heavy (non-hydrogen) atoms. The van der Waals surface area contributed by atoms with E-state index >= 15 is 0 Å². The zero-order chi connectivity index (χ0) is 14.2. The molecule has 4 nitrogen and oxygen atoms in total. The molecule has 0 spiro atoms. The van der Waals surface area contributed by atoms with E-state index in [1.54, 1.807) is 0 Å². The van der Waals surface area contributed by atoms with Gasteiger partial charge in [0, 0.05) is 11.1 Å². The van der Waals surface area contributed by atoms with Crippen LogP contribution in [0, 0.1) is 0 Å². The van der Waals surface area contributed by atoms with E-state index in [2.05, 4.69) is 17.9 Å². The molecule has 0 unspecified atom stereocenters. The van der Waals surface area contributed by atoms with E-state index in [4.69, 9.17) is 5.11 Å². The third-order valence-corrected chi connectivity index (χ3v) is 1.08. The fourth-order valence-electron chi connectivity index (χ4n) is 0.271. The molecule has 0 radical (unpaired) electrons. The van der Waals surface area contributed by atoms with E-state index in [1.807, 2.05) is 0 Å². The summed E-state index contributed by atoms with van der Waals surface area (Å²) in [6.07, 6.45) is -4.47. The van der Waals surface area contributed by atoms with Gasteiger partial charge in [0.2, 0.25) is 0 Å². The predicted octanol–water partition coefficient (Wildman–Crippen LogP) is 2.32. The molecule has 1 N–H and O–H groups in total. The van der Waals surface area contributed by atoms with Crippen LogP contribution in [-0.2, 0) is 14.3 Å². The number of ether oxygens (including phenoxy) is 1. The van der Waals surface area contributed by atoms with Crippen molar-refractivity contribution in [1.82, 2.24) is 0 Å². The summed E-state index contributed by atoms with van der Waals surface area (Å²) >= 11 is 0. The first-order chi connectivity index (χ1) is 7.47. The van der Waals surface area contributed by atoms with Crippen LogP contribution in [0.4, 0.5) is 13.2 Å². The van der Waals surface area contributed by atoms with Gasteiger partial charge >= 0.3 is 18.1 Å². The second-order valence-electron chi connectivity index (χ2n) is 3.06. The lowest BCUT2D eigenvalue weighted by Gasteiger charge is -2.06. The van der Waals surface area contributed by atoms with Crippen LogP contribution in [0.3, 0.4) is 0 Å². The molecule has 0 bridgehead atoms. The Morgan fingerprint density at radius 1 is 1.18 bits per heavy atom. The number of hydrogen-bond acceptors (Lipinski definition) is 3. The number of hydrogen-bond donors (Lipinski definition) is 1. The maximum absolute atomic E-state index is 11.4. The first-order valence-corrected chi connectivity index (χ1v) is 4.25. The number of alkyl halides is 3. The van der Waals surface area contributed by atoms with Crippen LogP contribution in [0.1, 0.15) is 13.8 Å². The van der Waals surface area contributed by atoms with Crippen molar-refractivity contribution in [3.8, 4) is 0 Å². The third-order valence-electron chi connectivity index (χ3n) is 1.08. The van der Waals surface area contributed by atoms with Gasteiger partial charge in [0.25, 0.3) is 0 Å². The molecule has 0 aromatic carbocycles. The van der Waals surface area contributed by atoms with Crippen LogP contribution in [0.2, 0.25) is 0 Å². The van der Waals surface area contributed by atoms with Gasteiger partial charge in [-0.2, -0.15) is 13.2 Å². The fourth-order valence-corrected chi connectivity index (χ4v) is 0.271. The lowest BCUT2D eigenvalue weighted by Crippen LogP contribution is -2.20. The lowest BCUT2D eigenvalue weighted by atomic mass is 10.4. The highest BCUT2D eigenvalue weighted by Gasteiger charge is 2.29. The van der Waals surface area contributed by atoms with Crippen molar-refractivity contribution in [3.05, 3.63) is 24.3 Å². The third kappa shape index (κ3) is 14.2. The minimum Gasteiger partial charge on any atom is -0.478 e. The zero-order valence-electron chi connectivity index (χ0n) is 9.43. The molecule has 0 aliphatic rings. The van der Waals surface area contributed by atoms with Crippen LogP contribution in [0.5, 0.6) is 0 Å². The van der Waals surface area contributed by atoms with Crippen molar-refractivity contribution in [2.75, 3.05) is 6.61 Å². The second kappa shape index (κ2) is 7.48. The van der Waals surface area contributed by atoms with Crippen molar-refractivity contribution < 1.29 is 32.6 Å². The molecule has 0 rings (SSSR count). The highest BCUT2D eigenvalue weighted by atomic mass is 19.4. The van der Waals surface area contributed by atoms with E-state index < -0.39 is 24.7 Å². The molecule has 0 saturated heterocycles. The molecule has 7 heteroatoms. The Hall–Kier alpha value is -1.79. The first kappa shape index (κ1) is 17.6. The minimum absolute atomic E-state index is 0.0470. The van der Waals surface area contributed by atoms with Crippen LogP contribution in [0.15, 0.2) is 24.3 Å². The van der Waals surface area contributed by atoms with Gasteiger partial charge in [-0.25, -0.2) is 9.59 Å². The Labute approximate surface area is 96.4 Å². The molecule has 0 fully saturated rings. The summed E-state index contributed by atoms with van der Waals surface area (Å²) in [6, 6.07) is 0. The Kier molecular flexibility index (Phi) is 7.74. The van der Waals surface area contributed by atoms with Gasteiger partial charge in [-0.1, -0.05) is 13.2 Å². The van der Waals surface area contributed by atoms with Crippen molar-refractivity contribution in [2.45, 2.75) is 20.0 Å². The average molecular weight is 254 g/mol. The number of aliphatic carboxylic acids is 1. The Bertz CT molecular complexity index is 306. The Balaban J connectivity index is 0. The number of esters is 1. The SMILES string of the molecule is C=C(C)C(=O)O.C=C(C)C(=O)OCC(F)(F)F. The summed E-state index contributed by atoms with van der Waals surface area (Å²) < 4.78 is 37.9. The lowest BCUT2D eigenvalue weighted by molar-refractivity contribution is -0.183. The monoisotopic (exact) mass is 254 g/mol. The van der Waals surface area contributed by atoms with Gasteiger partial charge in [0.1, 0.15) is 0 Å². The molecule has 0 aliphatic heterocycles. The highest BCUT2D eigenvalue weighted by Crippen LogP contribution is 2.14. The summed E-state index contributed by atoms with van der Waals surface area (Å²) in [5.41, 5.74) is 0.129. The smallest absolute Gasteiger partial charge is 0.422 e. The van der Waals surface area contributed by atoms with E-state index in [9.17, 15) is 22.8 Å². The van der Waals surface area contributed by atoms with Gasteiger partial charge in [0.05, 0.1) is 0 Å². The van der Waals surface area contributed by atoms with Crippen LogP contribution in [-0.4, -0.2) is 29.8 Å². The number of rotatable bonds is 3. The first-order valence-electron chi connectivity index (χ1n) is 4.25. The number of halogens is 3. The van der Waals surface area contributed by atoms with Crippen molar-refractivity contribution in [2.24, 2.45) is 0 Å². The Morgan fingerprint density at radius 3 is 1.71 bits per heavy atom. The number of carboxylic acids is 1. The quantitative estimate of drug-likeness (QED) is 0.620. The van der Waals surface area contributed by atoms with Crippen LogP contribution in [0.25, 0.3) is 0 Å². The molecule has 0 saturated carbocycles. The molecular formula is C10H13F3O4. The maximum Gasteiger partial charge on any atom is 0.422 e. The van der Waals surface area contributed by atoms with Crippen molar-refractivity contribution in [1.29, 1.82) is 0 Å². The zero-order valence-corrected chi connectivity index (χ0v) is 9.43. The molecule has 0 heterocycles. The van der Waals surface area contributed by atoms with Gasteiger partial charge in [-0.05, 0) is 13.8 Å². The van der Waals surface area contributed by atoms with E-state index in [0.29, 0.717) is 0 Å². The summed E-state index contributed by atoms with van der Waals surface area (Å²) in [4.78, 5) is 20.0. The topological polar surface area (TPSA) is 63.6 Å².